The zero-order chi connectivity index (χ0) is 22.1. The molecule has 0 aromatic heterocycles. The molecule has 1 N–H and O–H groups in total. The number of rotatable bonds is 5. The Morgan fingerprint density at radius 3 is 2.30 bits per heavy atom. The number of hydrogen-bond acceptors (Lipinski definition) is 3. The minimum Gasteiger partial charge on any atom is -0.374 e. The van der Waals surface area contributed by atoms with Crippen molar-refractivity contribution >= 4 is 34.8 Å². The van der Waals surface area contributed by atoms with Crippen LogP contribution in [0, 0.1) is 5.92 Å². The molecule has 0 saturated heterocycles. The number of carbonyl (C=O) groups is 1. The Morgan fingerprint density at radius 2 is 1.77 bits per heavy atom. The summed E-state index contributed by atoms with van der Waals surface area (Å²) in [5, 5.41) is 6.66. The smallest absolute Gasteiger partial charge is 0.374 e. The minimum absolute atomic E-state index is 0.0750. The maximum absolute atomic E-state index is 14.0. The summed E-state index contributed by atoms with van der Waals surface area (Å²) < 4.78 is 42.1. The first-order valence-electron chi connectivity index (χ1n) is 9.17. The van der Waals surface area contributed by atoms with Crippen molar-refractivity contribution < 1.29 is 22.8 Å². The van der Waals surface area contributed by atoms with Crippen molar-refractivity contribution in [1.29, 1.82) is 0 Å². The zero-order valence-electron chi connectivity index (χ0n) is 16.2. The molecule has 0 saturated carbocycles. The molecule has 0 bridgehead atoms. The Hall–Kier alpha value is -2.25. The molecule has 1 amide bonds. The lowest BCUT2D eigenvalue weighted by atomic mass is 9.86. The fourth-order valence-corrected chi connectivity index (χ4v) is 3.58. The Labute approximate surface area is 182 Å². The summed E-state index contributed by atoms with van der Waals surface area (Å²) in [6.45, 7) is 3.90. The summed E-state index contributed by atoms with van der Waals surface area (Å²) in [6, 6.07) is 10.5. The largest absolute Gasteiger partial charge is 0.435 e. The highest BCUT2D eigenvalue weighted by Gasteiger charge is 2.62. The van der Waals surface area contributed by atoms with E-state index in [1.807, 2.05) is 0 Å². The molecular weight excluding hydrogens is 440 g/mol. The SMILES string of the molecule is CC(C)C(=O)NCc1ccc(C2=NOC(c3cc(Cl)cc(Cl)c3)(C(F)(F)F)C2)cc1. The monoisotopic (exact) mass is 458 g/mol. The van der Waals surface area contributed by atoms with Crippen LogP contribution in [0.25, 0.3) is 0 Å². The molecule has 0 aliphatic carbocycles. The molecule has 30 heavy (non-hydrogen) atoms. The number of benzene rings is 2. The molecule has 3 rings (SSSR count). The van der Waals surface area contributed by atoms with Crippen molar-refractivity contribution in [2.24, 2.45) is 11.1 Å². The molecule has 0 radical (unpaired) electrons. The highest BCUT2D eigenvalue weighted by molar-refractivity contribution is 6.34. The Balaban J connectivity index is 1.81. The second-order valence-corrected chi connectivity index (χ2v) is 8.23. The van der Waals surface area contributed by atoms with Gasteiger partial charge in [-0.05, 0) is 29.3 Å². The van der Waals surface area contributed by atoms with Crippen molar-refractivity contribution in [3.8, 4) is 0 Å². The molecule has 1 aliphatic rings. The number of oxime groups is 1. The number of amides is 1. The van der Waals surface area contributed by atoms with E-state index in [1.165, 1.54) is 18.2 Å². The third kappa shape index (κ3) is 4.57. The summed E-state index contributed by atoms with van der Waals surface area (Å²) in [5.74, 6) is -0.215. The Morgan fingerprint density at radius 1 is 1.17 bits per heavy atom. The van der Waals surface area contributed by atoms with E-state index >= 15 is 0 Å². The van der Waals surface area contributed by atoms with E-state index in [0.29, 0.717) is 12.1 Å². The van der Waals surface area contributed by atoms with Crippen molar-refractivity contribution in [1.82, 2.24) is 5.32 Å². The van der Waals surface area contributed by atoms with Gasteiger partial charge >= 0.3 is 6.18 Å². The van der Waals surface area contributed by atoms with Crippen LogP contribution in [0.1, 0.15) is 37.0 Å². The van der Waals surface area contributed by atoms with Gasteiger partial charge in [-0.15, -0.1) is 0 Å². The van der Waals surface area contributed by atoms with E-state index in [0.717, 1.165) is 5.56 Å². The lowest BCUT2D eigenvalue weighted by Gasteiger charge is -2.29. The number of nitrogens with one attached hydrogen (secondary N) is 1. The highest BCUT2D eigenvalue weighted by atomic mass is 35.5. The number of halogens is 5. The second-order valence-electron chi connectivity index (χ2n) is 7.36. The molecule has 0 fully saturated rings. The summed E-state index contributed by atoms with van der Waals surface area (Å²) in [4.78, 5) is 16.7. The van der Waals surface area contributed by atoms with Crippen molar-refractivity contribution in [2.75, 3.05) is 0 Å². The van der Waals surface area contributed by atoms with Crippen LogP contribution in [-0.2, 0) is 21.8 Å². The molecule has 4 nitrogen and oxygen atoms in total. The van der Waals surface area contributed by atoms with Crippen molar-refractivity contribution in [3.05, 3.63) is 69.2 Å². The number of nitrogens with zero attached hydrogens (tertiary/aromatic N) is 1. The van der Waals surface area contributed by atoms with Crippen LogP contribution in [0.3, 0.4) is 0 Å². The van der Waals surface area contributed by atoms with Gasteiger partial charge in [-0.3, -0.25) is 4.79 Å². The van der Waals surface area contributed by atoms with Crippen molar-refractivity contribution in [2.45, 2.75) is 38.6 Å². The minimum atomic E-state index is -4.74. The molecule has 160 valence electrons. The lowest BCUT2D eigenvalue weighted by Crippen LogP contribution is -2.42. The predicted octanol–water partition coefficient (Wildman–Crippen LogP) is 5.85. The van der Waals surface area contributed by atoms with Crippen LogP contribution in [0.4, 0.5) is 13.2 Å². The highest BCUT2D eigenvalue weighted by Crippen LogP contribution is 2.49. The van der Waals surface area contributed by atoms with Gasteiger partial charge in [0.15, 0.2) is 0 Å². The van der Waals surface area contributed by atoms with Crippen LogP contribution in [0.5, 0.6) is 0 Å². The summed E-state index contributed by atoms with van der Waals surface area (Å²) in [7, 11) is 0. The van der Waals surface area contributed by atoms with Crippen LogP contribution >= 0.6 is 23.2 Å². The number of carbonyl (C=O) groups excluding carboxylic acids is 1. The van der Waals surface area contributed by atoms with Gasteiger partial charge in [0.1, 0.15) is 0 Å². The van der Waals surface area contributed by atoms with Crippen molar-refractivity contribution in [3.63, 3.8) is 0 Å². The molecule has 1 unspecified atom stereocenters. The van der Waals surface area contributed by atoms with Crippen LogP contribution < -0.4 is 5.32 Å². The maximum atomic E-state index is 14.0. The standard InChI is InChI=1S/C21H19Cl2F3N2O2/c1-12(2)19(29)27-11-13-3-5-14(6-4-13)18-10-20(30-28-18,21(24,25)26)15-7-16(22)9-17(23)8-15/h3-9,12H,10-11H2,1-2H3,(H,27,29). The molecule has 0 spiro atoms. The van der Waals surface area contributed by atoms with E-state index in [2.05, 4.69) is 10.5 Å². The van der Waals surface area contributed by atoms with Gasteiger partial charge in [0.05, 0.1) is 5.71 Å². The van der Waals surface area contributed by atoms with Gasteiger partial charge in [0.2, 0.25) is 5.91 Å². The molecular formula is C21H19Cl2F3N2O2. The third-order valence-electron chi connectivity index (χ3n) is 4.79. The first-order valence-corrected chi connectivity index (χ1v) is 9.93. The summed E-state index contributed by atoms with van der Waals surface area (Å²) in [5.41, 5.74) is -1.41. The molecule has 1 atom stereocenters. The van der Waals surface area contributed by atoms with Crippen LogP contribution in [-0.4, -0.2) is 17.8 Å². The van der Waals surface area contributed by atoms with Gasteiger partial charge in [0, 0.05) is 34.5 Å². The molecule has 9 heteroatoms. The van der Waals surface area contributed by atoms with Gasteiger partial charge in [0.25, 0.3) is 5.60 Å². The molecule has 1 heterocycles. The fraction of sp³-hybridized carbons (Fsp3) is 0.333. The average molecular weight is 459 g/mol. The number of alkyl halides is 3. The Bertz CT molecular complexity index is 955. The van der Waals surface area contributed by atoms with E-state index in [4.69, 9.17) is 28.0 Å². The Kier molecular flexibility index (Phi) is 6.34. The summed E-state index contributed by atoms with van der Waals surface area (Å²) >= 11 is 11.8. The van der Waals surface area contributed by atoms with E-state index in [1.54, 1.807) is 38.1 Å². The van der Waals surface area contributed by atoms with Gasteiger partial charge in [-0.25, -0.2) is 0 Å². The molecule has 2 aromatic rings. The van der Waals surface area contributed by atoms with Gasteiger partial charge in [-0.2, -0.15) is 13.2 Å². The predicted molar refractivity (Wildman–Crippen MR) is 110 cm³/mol. The first-order chi connectivity index (χ1) is 14.0. The zero-order valence-corrected chi connectivity index (χ0v) is 17.7. The van der Waals surface area contributed by atoms with Crippen LogP contribution in [0.15, 0.2) is 47.6 Å². The van der Waals surface area contributed by atoms with E-state index in [-0.39, 0.29) is 33.1 Å². The molecule has 2 aromatic carbocycles. The second kappa shape index (κ2) is 8.47. The van der Waals surface area contributed by atoms with Crippen LogP contribution in [0.2, 0.25) is 10.0 Å². The lowest BCUT2D eigenvalue weighted by molar-refractivity contribution is -0.275. The van der Waals surface area contributed by atoms with Gasteiger partial charge < -0.3 is 10.2 Å². The molecule has 1 aliphatic heterocycles. The summed E-state index contributed by atoms with van der Waals surface area (Å²) in [6.07, 6.45) is -5.26. The van der Waals surface area contributed by atoms with Gasteiger partial charge in [-0.1, -0.05) is 66.5 Å². The van der Waals surface area contributed by atoms with E-state index in [9.17, 15) is 18.0 Å². The quantitative estimate of drug-likeness (QED) is 0.610. The average Bonchev–Trinajstić information content (AvgIpc) is 3.12. The maximum Gasteiger partial charge on any atom is 0.435 e. The topological polar surface area (TPSA) is 50.7 Å². The third-order valence-corrected chi connectivity index (χ3v) is 5.23. The normalized spacial score (nSPS) is 18.9. The number of hydrogen-bond donors (Lipinski definition) is 1. The first kappa shape index (κ1) is 22.4. The van der Waals surface area contributed by atoms with E-state index < -0.39 is 18.2 Å². The fourth-order valence-electron chi connectivity index (χ4n) is 3.05.